The van der Waals surface area contributed by atoms with Crippen molar-refractivity contribution in [1.29, 1.82) is 0 Å². The van der Waals surface area contributed by atoms with Crippen molar-refractivity contribution in [3.63, 3.8) is 0 Å². The van der Waals surface area contributed by atoms with Crippen molar-refractivity contribution in [2.24, 2.45) is 5.41 Å². The lowest BCUT2D eigenvalue weighted by Crippen LogP contribution is -2.45. The summed E-state index contributed by atoms with van der Waals surface area (Å²) >= 11 is 0. The average molecular weight is 267 g/mol. The van der Waals surface area contributed by atoms with E-state index < -0.39 is 6.09 Å². The molecule has 0 aromatic heterocycles. The molecule has 5 heteroatoms. The summed E-state index contributed by atoms with van der Waals surface area (Å²) in [5, 5.41) is 18.6. The monoisotopic (exact) mass is 267 g/mol. The lowest BCUT2D eigenvalue weighted by molar-refractivity contribution is 0.0446. The summed E-state index contributed by atoms with van der Waals surface area (Å²) in [6.45, 7) is 0.909. The molecule has 2 N–H and O–H groups in total. The van der Waals surface area contributed by atoms with Crippen LogP contribution in [0.15, 0.2) is 24.3 Å². The molecule has 0 unspecified atom stereocenters. The topological polar surface area (TPSA) is 60.8 Å². The van der Waals surface area contributed by atoms with Crippen LogP contribution in [-0.4, -0.2) is 40.9 Å². The van der Waals surface area contributed by atoms with Gasteiger partial charge in [0.1, 0.15) is 5.82 Å². The molecule has 19 heavy (non-hydrogen) atoms. The van der Waals surface area contributed by atoms with Gasteiger partial charge in [0, 0.05) is 25.1 Å². The van der Waals surface area contributed by atoms with Crippen LogP contribution in [0.25, 0.3) is 0 Å². The Kier molecular flexibility index (Phi) is 4.04. The molecule has 1 aromatic carbocycles. The number of aliphatic hydroxyl groups is 1. The number of rotatable bonds is 3. The second-order valence-corrected chi connectivity index (χ2v) is 5.23. The molecule has 1 aliphatic heterocycles. The number of benzene rings is 1. The van der Waals surface area contributed by atoms with Gasteiger partial charge in [-0.2, -0.15) is 0 Å². The van der Waals surface area contributed by atoms with Gasteiger partial charge in [0.05, 0.1) is 0 Å². The van der Waals surface area contributed by atoms with Gasteiger partial charge in [-0.05, 0) is 37.0 Å². The van der Waals surface area contributed by atoms with Crippen molar-refractivity contribution < 1.29 is 19.4 Å². The number of halogens is 1. The number of hydrogen-bond donors (Lipinski definition) is 2. The van der Waals surface area contributed by atoms with E-state index in [2.05, 4.69) is 0 Å². The molecule has 1 saturated heterocycles. The van der Waals surface area contributed by atoms with E-state index in [1.165, 1.54) is 17.0 Å². The minimum Gasteiger partial charge on any atom is -0.465 e. The predicted molar refractivity (Wildman–Crippen MR) is 68.5 cm³/mol. The van der Waals surface area contributed by atoms with Crippen LogP contribution >= 0.6 is 0 Å². The zero-order chi connectivity index (χ0) is 13.9. The number of likely N-dealkylation sites (tertiary alicyclic amines) is 1. The first-order valence-corrected chi connectivity index (χ1v) is 6.38. The third kappa shape index (κ3) is 3.23. The summed E-state index contributed by atoms with van der Waals surface area (Å²) in [6, 6.07) is 6.26. The van der Waals surface area contributed by atoms with E-state index in [1.54, 1.807) is 12.1 Å². The number of amides is 1. The van der Waals surface area contributed by atoms with Gasteiger partial charge in [0.15, 0.2) is 0 Å². The maximum absolute atomic E-state index is 12.9. The van der Waals surface area contributed by atoms with Crippen molar-refractivity contribution >= 4 is 6.09 Å². The molecule has 0 radical (unpaired) electrons. The van der Waals surface area contributed by atoms with Gasteiger partial charge in [-0.3, -0.25) is 0 Å². The van der Waals surface area contributed by atoms with Crippen LogP contribution in [0.4, 0.5) is 9.18 Å². The number of nitrogens with zero attached hydrogens (tertiary/aromatic N) is 1. The highest BCUT2D eigenvalue weighted by molar-refractivity contribution is 5.65. The van der Waals surface area contributed by atoms with Crippen molar-refractivity contribution in [3.05, 3.63) is 35.6 Å². The van der Waals surface area contributed by atoms with Gasteiger partial charge in [0.25, 0.3) is 0 Å². The van der Waals surface area contributed by atoms with E-state index in [4.69, 9.17) is 5.11 Å². The van der Waals surface area contributed by atoms with Gasteiger partial charge in [-0.1, -0.05) is 12.1 Å². The molecule has 4 nitrogen and oxygen atoms in total. The first-order chi connectivity index (χ1) is 9.04. The lowest BCUT2D eigenvalue weighted by atomic mass is 9.74. The second kappa shape index (κ2) is 5.57. The maximum atomic E-state index is 12.9. The Balaban J connectivity index is 2.04. The summed E-state index contributed by atoms with van der Waals surface area (Å²) in [7, 11) is 0. The Labute approximate surface area is 111 Å². The molecule has 1 fully saturated rings. The molecule has 0 atom stereocenters. The van der Waals surface area contributed by atoms with E-state index in [9.17, 15) is 14.3 Å². The molecule has 1 aliphatic rings. The first kappa shape index (κ1) is 13.8. The highest BCUT2D eigenvalue weighted by atomic mass is 19.1. The summed E-state index contributed by atoms with van der Waals surface area (Å²) in [5.41, 5.74) is 0.684. The third-order valence-corrected chi connectivity index (χ3v) is 3.92. The molecule has 1 aromatic rings. The standard InChI is InChI=1S/C14H18FNO3/c15-12-3-1-11(2-4-12)9-14(10-17)5-7-16(8-6-14)13(18)19/h1-4,17H,5-10H2,(H,18,19). The van der Waals surface area contributed by atoms with Crippen molar-refractivity contribution in [2.45, 2.75) is 19.3 Å². The van der Waals surface area contributed by atoms with Crippen LogP contribution < -0.4 is 0 Å². The average Bonchev–Trinajstić information content (AvgIpc) is 2.42. The Hall–Kier alpha value is -1.62. The van der Waals surface area contributed by atoms with E-state index in [1.807, 2.05) is 0 Å². The molecular formula is C14H18FNO3. The smallest absolute Gasteiger partial charge is 0.407 e. The van der Waals surface area contributed by atoms with E-state index in [0.717, 1.165) is 5.56 Å². The van der Waals surface area contributed by atoms with Gasteiger partial charge in [-0.15, -0.1) is 0 Å². The first-order valence-electron chi connectivity index (χ1n) is 6.38. The Morgan fingerprint density at radius 1 is 1.26 bits per heavy atom. The largest absolute Gasteiger partial charge is 0.465 e. The molecular weight excluding hydrogens is 249 g/mol. The molecule has 0 aliphatic carbocycles. The van der Waals surface area contributed by atoms with E-state index in [0.29, 0.717) is 32.4 Å². The van der Waals surface area contributed by atoms with Gasteiger partial charge >= 0.3 is 6.09 Å². The van der Waals surface area contributed by atoms with Crippen molar-refractivity contribution in [2.75, 3.05) is 19.7 Å². The quantitative estimate of drug-likeness (QED) is 0.882. The highest BCUT2D eigenvalue weighted by Crippen LogP contribution is 2.34. The van der Waals surface area contributed by atoms with Gasteiger partial charge < -0.3 is 15.1 Å². The van der Waals surface area contributed by atoms with Crippen LogP contribution in [-0.2, 0) is 6.42 Å². The summed E-state index contributed by atoms with van der Waals surface area (Å²) in [5.74, 6) is -0.275. The minimum absolute atomic E-state index is 0.0256. The normalized spacial score (nSPS) is 18.3. The molecule has 1 heterocycles. The van der Waals surface area contributed by atoms with E-state index >= 15 is 0 Å². The molecule has 104 valence electrons. The number of aliphatic hydroxyl groups excluding tert-OH is 1. The Morgan fingerprint density at radius 2 is 1.84 bits per heavy atom. The number of hydrogen-bond acceptors (Lipinski definition) is 2. The highest BCUT2D eigenvalue weighted by Gasteiger charge is 2.35. The third-order valence-electron chi connectivity index (χ3n) is 3.92. The second-order valence-electron chi connectivity index (χ2n) is 5.23. The fraction of sp³-hybridized carbons (Fsp3) is 0.500. The van der Waals surface area contributed by atoms with Crippen LogP contribution in [0, 0.1) is 11.2 Å². The molecule has 2 rings (SSSR count). The number of carboxylic acid groups (broad SMARTS) is 1. The summed E-state index contributed by atoms with van der Waals surface area (Å²) < 4.78 is 12.9. The zero-order valence-corrected chi connectivity index (χ0v) is 10.7. The van der Waals surface area contributed by atoms with Crippen LogP contribution in [0.5, 0.6) is 0 Å². The zero-order valence-electron chi connectivity index (χ0n) is 10.7. The Morgan fingerprint density at radius 3 is 2.32 bits per heavy atom. The fourth-order valence-corrected chi connectivity index (χ4v) is 2.60. The van der Waals surface area contributed by atoms with Crippen LogP contribution in [0.3, 0.4) is 0 Å². The number of piperidine rings is 1. The minimum atomic E-state index is -0.909. The van der Waals surface area contributed by atoms with Crippen molar-refractivity contribution in [3.8, 4) is 0 Å². The lowest BCUT2D eigenvalue weighted by Gasteiger charge is -2.39. The summed E-state index contributed by atoms with van der Waals surface area (Å²) in [4.78, 5) is 12.2. The van der Waals surface area contributed by atoms with Crippen LogP contribution in [0.2, 0.25) is 0 Å². The van der Waals surface area contributed by atoms with Crippen LogP contribution in [0.1, 0.15) is 18.4 Å². The number of carbonyl (C=O) groups is 1. The van der Waals surface area contributed by atoms with Crippen molar-refractivity contribution in [1.82, 2.24) is 4.90 Å². The molecule has 0 bridgehead atoms. The molecule has 0 spiro atoms. The molecule has 1 amide bonds. The summed E-state index contributed by atoms with van der Waals surface area (Å²) in [6.07, 6.45) is 1.01. The van der Waals surface area contributed by atoms with Gasteiger partial charge in [0.2, 0.25) is 0 Å². The fourth-order valence-electron chi connectivity index (χ4n) is 2.60. The maximum Gasteiger partial charge on any atom is 0.407 e. The molecule has 0 saturated carbocycles. The van der Waals surface area contributed by atoms with Gasteiger partial charge in [-0.25, -0.2) is 9.18 Å². The van der Waals surface area contributed by atoms with E-state index in [-0.39, 0.29) is 17.8 Å². The Bertz CT molecular complexity index is 439. The predicted octanol–water partition coefficient (Wildman–Crippen LogP) is 2.12. The SMILES string of the molecule is O=C(O)N1CCC(CO)(Cc2ccc(F)cc2)CC1.